The zero-order chi connectivity index (χ0) is 12.2. The van der Waals surface area contributed by atoms with E-state index in [1.807, 2.05) is 30.3 Å². The van der Waals surface area contributed by atoms with E-state index < -0.39 is 0 Å². The minimum atomic E-state index is -0.300. The van der Waals surface area contributed by atoms with E-state index in [4.69, 9.17) is 9.84 Å². The Balaban J connectivity index is 0.000000673. The van der Waals surface area contributed by atoms with Crippen molar-refractivity contribution in [3.63, 3.8) is 0 Å². The van der Waals surface area contributed by atoms with Crippen molar-refractivity contribution in [2.75, 3.05) is 13.2 Å². The van der Waals surface area contributed by atoms with Crippen LogP contribution in [-0.2, 0) is 9.53 Å². The predicted molar refractivity (Wildman–Crippen MR) is 64.9 cm³/mol. The smallest absolute Gasteiger partial charge is 0.330 e. The van der Waals surface area contributed by atoms with Crippen molar-refractivity contribution in [1.82, 2.24) is 0 Å². The molecule has 88 valence electrons. The second-order valence-electron chi connectivity index (χ2n) is 2.81. The number of ether oxygens (including phenoxy) is 1. The molecule has 1 aromatic carbocycles. The highest BCUT2D eigenvalue weighted by Crippen LogP contribution is 2.00. The molecular formula is C13H18O3. The van der Waals surface area contributed by atoms with E-state index in [1.54, 1.807) is 19.9 Å². The molecule has 0 bridgehead atoms. The summed E-state index contributed by atoms with van der Waals surface area (Å²) in [5.41, 5.74) is 0.996. The molecule has 0 saturated carbocycles. The van der Waals surface area contributed by atoms with Crippen molar-refractivity contribution >= 4 is 12.0 Å². The molecular weight excluding hydrogens is 204 g/mol. The Hall–Kier alpha value is -1.61. The van der Waals surface area contributed by atoms with Crippen LogP contribution in [0.5, 0.6) is 0 Å². The lowest BCUT2D eigenvalue weighted by Crippen LogP contribution is -1.98. The van der Waals surface area contributed by atoms with E-state index >= 15 is 0 Å². The minimum Gasteiger partial charge on any atom is -0.463 e. The number of esters is 1. The molecule has 0 heterocycles. The molecule has 16 heavy (non-hydrogen) atoms. The van der Waals surface area contributed by atoms with Crippen LogP contribution in [0.2, 0.25) is 0 Å². The number of rotatable bonds is 3. The fourth-order valence-corrected chi connectivity index (χ4v) is 0.919. The molecule has 0 radical (unpaired) electrons. The van der Waals surface area contributed by atoms with Gasteiger partial charge in [0, 0.05) is 12.7 Å². The number of hydrogen-bond donors (Lipinski definition) is 1. The van der Waals surface area contributed by atoms with Gasteiger partial charge in [0.2, 0.25) is 0 Å². The summed E-state index contributed by atoms with van der Waals surface area (Å²) in [4.78, 5) is 10.9. The van der Waals surface area contributed by atoms with E-state index in [0.29, 0.717) is 6.61 Å². The van der Waals surface area contributed by atoms with Crippen LogP contribution < -0.4 is 0 Å². The van der Waals surface area contributed by atoms with Gasteiger partial charge in [0.1, 0.15) is 0 Å². The molecule has 0 atom stereocenters. The second-order valence-corrected chi connectivity index (χ2v) is 2.81. The zero-order valence-electron chi connectivity index (χ0n) is 9.72. The maximum atomic E-state index is 10.9. The van der Waals surface area contributed by atoms with Gasteiger partial charge >= 0.3 is 5.97 Å². The number of benzene rings is 1. The van der Waals surface area contributed by atoms with Crippen molar-refractivity contribution in [3.8, 4) is 0 Å². The summed E-state index contributed by atoms with van der Waals surface area (Å²) in [5.74, 6) is -0.300. The molecule has 0 aliphatic carbocycles. The van der Waals surface area contributed by atoms with E-state index in [0.717, 1.165) is 5.56 Å². The van der Waals surface area contributed by atoms with Crippen molar-refractivity contribution in [2.24, 2.45) is 0 Å². The topological polar surface area (TPSA) is 46.5 Å². The van der Waals surface area contributed by atoms with Gasteiger partial charge in [-0.3, -0.25) is 0 Å². The first-order valence-corrected chi connectivity index (χ1v) is 5.25. The fraction of sp³-hybridized carbons (Fsp3) is 0.308. The monoisotopic (exact) mass is 222 g/mol. The average molecular weight is 222 g/mol. The van der Waals surface area contributed by atoms with Crippen LogP contribution >= 0.6 is 0 Å². The summed E-state index contributed by atoms with van der Waals surface area (Å²) in [6.45, 7) is 4.13. The van der Waals surface area contributed by atoms with Crippen LogP contribution in [0.1, 0.15) is 19.4 Å². The summed E-state index contributed by atoms with van der Waals surface area (Å²) >= 11 is 0. The quantitative estimate of drug-likeness (QED) is 0.630. The lowest BCUT2D eigenvalue weighted by Gasteiger charge is -1.94. The molecule has 3 nitrogen and oxygen atoms in total. The lowest BCUT2D eigenvalue weighted by atomic mass is 10.2. The molecule has 1 aromatic rings. The van der Waals surface area contributed by atoms with E-state index in [1.165, 1.54) is 6.08 Å². The molecule has 0 spiro atoms. The SMILES string of the molecule is CCO.CCOC(=O)C=Cc1ccccc1. The first kappa shape index (κ1) is 14.4. The molecule has 0 amide bonds. The molecule has 0 fully saturated rings. The Morgan fingerprint density at radius 3 is 2.38 bits per heavy atom. The molecule has 0 aliphatic heterocycles. The van der Waals surface area contributed by atoms with Gasteiger partial charge in [-0.25, -0.2) is 4.79 Å². The normalized spacial score (nSPS) is 9.44. The number of aliphatic hydroxyl groups is 1. The van der Waals surface area contributed by atoms with Gasteiger partial charge in [-0.05, 0) is 25.5 Å². The molecule has 1 N–H and O–H groups in total. The van der Waals surface area contributed by atoms with Crippen molar-refractivity contribution in [3.05, 3.63) is 42.0 Å². The van der Waals surface area contributed by atoms with Crippen LogP contribution in [0, 0.1) is 0 Å². The highest BCUT2D eigenvalue weighted by molar-refractivity contribution is 5.86. The van der Waals surface area contributed by atoms with Gasteiger partial charge in [-0.15, -0.1) is 0 Å². The average Bonchev–Trinajstić information content (AvgIpc) is 2.29. The third kappa shape index (κ3) is 7.76. The van der Waals surface area contributed by atoms with Gasteiger partial charge in [-0.1, -0.05) is 30.3 Å². The first-order valence-electron chi connectivity index (χ1n) is 5.25. The minimum absolute atomic E-state index is 0.250. The molecule has 0 aliphatic rings. The van der Waals surface area contributed by atoms with Crippen LogP contribution in [0.25, 0.3) is 6.08 Å². The number of carbonyl (C=O) groups is 1. The van der Waals surface area contributed by atoms with Crippen LogP contribution in [0.3, 0.4) is 0 Å². The zero-order valence-corrected chi connectivity index (χ0v) is 9.72. The molecule has 0 unspecified atom stereocenters. The molecule has 0 aromatic heterocycles. The number of aliphatic hydroxyl groups excluding tert-OH is 1. The predicted octanol–water partition coefficient (Wildman–Crippen LogP) is 2.26. The Morgan fingerprint density at radius 1 is 1.31 bits per heavy atom. The third-order valence-corrected chi connectivity index (χ3v) is 1.50. The van der Waals surface area contributed by atoms with Crippen LogP contribution in [0.4, 0.5) is 0 Å². The van der Waals surface area contributed by atoms with E-state index in [-0.39, 0.29) is 12.6 Å². The van der Waals surface area contributed by atoms with E-state index in [9.17, 15) is 4.79 Å². The first-order chi connectivity index (χ1) is 7.74. The van der Waals surface area contributed by atoms with Gasteiger partial charge in [-0.2, -0.15) is 0 Å². The number of hydrogen-bond acceptors (Lipinski definition) is 3. The maximum Gasteiger partial charge on any atom is 0.330 e. The molecule has 1 rings (SSSR count). The van der Waals surface area contributed by atoms with E-state index in [2.05, 4.69) is 0 Å². The Kier molecular flexibility index (Phi) is 8.93. The summed E-state index contributed by atoms with van der Waals surface area (Å²) in [6, 6.07) is 9.63. The Morgan fingerprint density at radius 2 is 1.88 bits per heavy atom. The van der Waals surface area contributed by atoms with Crippen molar-refractivity contribution in [1.29, 1.82) is 0 Å². The Bertz CT molecular complexity index is 304. The highest BCUT2D eigenvalue weighted by Gasteiger charge is 1.92. The summed E-state index contributed by atoms with van der Waals surface area (Å²) in [6.07, 6.45) is 3.16. The summed E-state index contributed by atoms with van der Waals surface area (Å²) in [5, 5.41) is 7.57. The second kappa shape index (κ2) is 9.93. The molecule has 0 saturated heterocycles. The summed E-state index contributed by atoms with van der Waals surface area (Å²) < 4.78 is 4.74. The van der Waals surface area contributed by atoms with Gasteiger partial charge in [0.25, 0.3) is 0 Å². The fourth-order valence-electron chi connectivity index (χ4n) is 0.919. The van der Waals surface area contributed by atoms with Crippen LogP contribution in [0.15, 0.2) is 36.4 Å². The standard InChI is InChI=1S/C11H12O2.C2H6O/c1-2-13-11(12)9-8-10-6-4-3-5-7-10;1-2-3/h3-9H,2H2,1H3;3H,2H2,1H3. The highest BCUT2D eigenvalue weighted by atomic mass is 16.5. The van der Waals surface area contributed by atoms with Gasteiger partial charge in [0.15, 0.2) is 0 Å². The van der Waals surface area contributed by atoms with Crippen molar-refractivity contribution in [2.45, 2.75) is 13.8 Å². The van der Waals surface area contributed by atoms with Gasteiger partial charge < -0.3 is 9.84 Å². The van der Waals surface area contributed by atoms with Crippen molar-refractivity contribution < 1.29 is 14.6 Å². The maximum absolute atomic E-state index is 10.9. The molecule has 3 heteroatoms. The summed E-state index contributed by atoms with van der Waals surface area (Å²) in [7, 11) is 0. The van der Waals surface area contributed by atoms with Gasteiger partial charge in [0.05, 0.1) is 6.61 Å². The van der Waals surface area contributed by atoms with Crippen LogP contribution in [-0.4, -0.2) is 24.3 Å². The number of carbonyl (C=O) groups excluding carboxylic acids is 1. The largest absolute Gasteiger partial charge is 0.463 e. The Labute approximate surface area is 96.4 Å². The lowest BCUT2D eigenvalue weighted by molar-refractivity contribution is -0.137. The third-order valence-electron chi connectivity index (χ3n) is 1.50.